The quantitative estimate of drug-likeness (QED) is 0.561. The summed E-state index contributed by atoms with van der Waals surface area (Å²) in [5.74, 6) is 0.419. The van der Waals surface area contributed by atoms with Gasteiger partial charge in [-0.25, -0.2) is 9.37 Å². The number of hydrogen-bond donors (Lipinski definition) is 1. The van der Waals surface area contributed by atoms with E-state index in [2.05, 4.69) is 10.3 Å². The summed E-state index contributed by atoms with van der Waals surface area (Å²) in [7, 11) is 0. The van der Waals surface area contributed by atoms with Crippen molar-refractivity contribution in [3.05, 3.63) is 78.6 Å². The Labute approximate surface area is 154 Å². The van der Waals surface area contributed by atoms with Gasteiger partial charge in [-0.2, -0.15) is 0 Å². The number of ether oxygens (including phenoxy) is 1. The van der Waals surface area contributed by atoms with Crippen molar-refractivity contribution in [3.63, 3.8) is 0 Å². The standard InChI is InChI=1S/C21H15FN2O3/c22-15-8-6-14(7-9-15)21-24-18-12-16(10-11-19(18)27-21)23-20(25)13-26-17-4-2-1-3-5-17/h1-12H,13H2,(H,23,25). The van der Waals surface area contributed by atoms with Crippen molar-refractivity contribution in [1.82, 2.24) is 4.98 Å². The lowest BCUT2D eigenvalue weighted by Gasteiger charge is -2.07. The molecule has 0 bridgehead atoms. The number of aromatic nitrogens is 1. The van der Waals surface area contributed by atoms with Gasteiger partial charge in [-0.15, -0.1) is 0 Å². The lowest BCUT2D eigenvalue weighted by Crippen LogP contribution is -2.20. The molecule has 0 radical (unpaired) electrons. The van der Waals surface area contributed by atoms with Crippen molar-refractivity contribution in [2.24, 2.45) is 0 Å². The second kappa shape index (κ2) is 7.29. The van der Waals surface area contributed by atoms with E-state index in [9.17, 15) is 9.18 Å². The van der Waals surface area contributed by atoms with Gasteiger partial charge in [0.1, 0.15) is 17.1 Å². The number of benzene rings is 3. The van der Waals surface area contributed by atoms with E-state index in [1.54, 1.807) is 42.5 Å². The van der Waals surface area contributed by atoms with Crippen LogP contribution in [0.3, 0.4) is 0 Å². The van der Waals surface area contributed by atoms with Crippen LogP contribution in [0.1, 0.15) is 0 Å². The van der Waals surface area contributed by atoms with Crippen LogP contribution in [0.2, 0.25) is 0 Å². The van der Waals surface area contributed by atoms with Gasteiger partial charge in [-0.05, 0) is 54.6 Å². The van der Waals surface area contributed by atoms with E-state index in [0.717, 1.165) is 0 Å². The molecule has 0 saturated heterocycles. The van der Waals surface area contributed by atoms with Crippen molar-refractivity contribution >= 4 is 22.7 Å². The molecule has 0 aliphatic carbocycles. The number of carbonyl (C=O) groups is 1. The van der Waals surface area contributed by atoms with E-state index >= 15 is 0 Å². The molecule has 6 heteroatoms. The van der Waals surface area contributed by atoms with E-state index in [1.807, 2.05) is 18.2 Å². The first-order valence-electron chi connectivity index (χ1n) is 8.32. The Morgan fingerprint density at radius 2 is 1.81 bits per heavy atom. The molecule has 0 unspecified atom stereocenters. The molecular formula is C21H15FN2O3. The number of fused-ring (bicyclic) bond motifs is 1. The van der Waals surface area contributed by atoms with E-state index < -0.39 is 0 Å². The van der Waals surface area contributed by atoms with Gasteiger partial charge >= 0.3 is 0 Å². The Balaban J connectivity index is 1.46. The third-order valence-electron chi connectivity index (χ3n) is 3.88. The Hall–Kier alpha value is -3.67. The predicted molar refractivity (Wildman–Crippen MR) is 100.0 cm³/mol. The minimum atomic E-state index is -0.322. The van der Waals surface area contributed by atoms with Gasteiger partial charge in [0, 0.05) is 11.3 Å². The first-order chi connectivity index (χ1) is 13.2. The number of oxazole rings is 1. The third kappa shape index (κ3) is 3.95. The molecule has 0 saturated carbocycles. The van der Waals surface area contributed by atoms with Crippen molar-refractivity contribution in [2.75, 3.05) is 11.9 Å². The first-order valence-corrected chi connectivity index (χ1v) is 8.32. The summed E-state index contributed by atoms with van der Waals surface area (Å²) < 4.78 is 24.2. The summed E-state index contributed by atoms with van der Waals surface area (Å²) >= 11 is 0. The zero-order valence-electron chi connectivity index (χ0n) is 14.2. The summed E-state index contributed by atoms with van der Waals surface area (Å²) in [6.45, 7) is -0.0955. The fraction of sp³-hybridized carbons (Fsp3) is 0.0476. The van der Waals surface area contributed by atoms with Crippen LogP contribution in [-0.2, 0) is 4.79 Å². The minimum Gasteiger partial charge on any atom is -0.484 e. The molecule has 0 spiro atoms. The van der Waals surface area contributed by atoms with Gasteiger partial charge in [0.15, 0.2) is 12.2 Å². The third-order valence-corrected chi connectivity index (χ3v) is 3.88. The number of halogens is 1. The maximum absolute atomic E-state index is 13.1. The minimum absolute atomic E-state index is 0.0955. The molecule has 1 N–H and O–H groups in total. The maximum atomic E-state index is 13.1. The van der Waals surface area contributed by atoms with Gasteiger partial charge in [-0.1, -0.05) is 18.2 Å². The molecule has 5 nitrogen and oxygen atoms in total. The second-order valence-corrected chi connectivity index (χ2v) is 5.86. The predicted octanol–water partition coefficient (Wildman–Crippen LogP) is 4.65. The fourth-order valence-corrected chi connectivity index (χ4v) is 2.58. The smallest absolute Gasteiger partial charge is 0.262 e. The number of nitrogens with one attached hydrogen (secondary N) is 1. The number of hydrogen-bond acceptors (Lipinski definition) is 4. The number of anilines is 1. The molecule has 1 heterocycles. The number of para-hydroxylation sites is 1. The lowest BCUT2D eigenvalue weighted by atomic mass is 10.2. The Morgan fingerprint density at radius 1 is 1.04 bits per heavy atom. The molecule has 0 aliphatic heterocycles. The van der Waals surface area contributed by atoms with Gasteiger partial charge in [0.2, 0.25) is 5.89 Å². The molecule has 4 aromatic rings. The fourth-order valence-electron chi connectivity index (χ4n) is 2.58. The first kappa shape index (κ1) is 16.8. The van der Waals surface area contributed by atoms with Crippen molar-refractivity contribution in [3.8, 4) is 17.2 Å². The second-order valence-electron chi connectivity index (χ2n) is 5.86. The maximum Gasteiger partial charge on any atom is 0.262 e. The average molecular weight is 362 g/mol. The SMILES string of the molecule is O=C(COc1ccccc1)Nc1ccc2oc(-c3ccc(F)cc3)nc2c1. The summed E-state index contributed by atoms with van der Waals surface area (Å²) in [5.41, 5.74) is 2.43. The van der Waals surface area contributed by atoms with E-state index in [0.29, 0.717) is 34.0 Å². The van der Waals surface area contributed by atoms with Crippen LogP contribution in [0.25, 0.3) is 22.6 Å². The normalized spacial score (nSPS) is 10.7. The Morgan fingerprint density at radius 3 is 2.59 bits per heavy atom. The van der Waals surface area contributed by atoms with Crippen LogP contribution in [0, 0.1) is 5.82 Å². The van der Waals surface area contributed by atoms with Crippen molar-refractivity contribution in [1.29, 1.82) is 0 Å². The average Bonchev–Trinajstić information content (AvgIpc) is 3.11. The number of carbonyl (C=O) groups excluding carboxylic acids is 1. The zero-order valence-corrected chi connectivity index (χ0v) is 14.2. The van der Waals surface area contributed by atoms with Gasteiger partial charge < -0.3 is 14.5 Å². The summed E-state index contributed by atoms with van der Waals surface area (Å²) in [6.07, 6.45) is 0. The van der Waals surface area contributed by atoms with Gasteiger partial charge in [0.05, 0.1) is 0 Å². The molecule has 0 atom stereocenters. The van der Waals surface area contributed by atoms with Gasteiger partial charge in [-0.3, -0.25) is 4.79 Å². The Bertz CT molecular complexity index is 1080. The highest BCUT2D eigenvalue weighted by molar-refractivity contribution is 5.94. The largest absolute Gasteiger partial charge is 0.484 e. The number of nitrogens with zero attached hydrogens (tertiary/aromatic N) is 1. The molecule has 3 aromatic carbocycles. The molecule has 1 amide bonds. The van der Waals surface area contributed by atoms with E-state index in [-0.39, 0.29) is 18.3 Å². The number of amides is 1. The van der Waals surface area contributed by atoms with Crippen LogP contribution in [-0.4, -0.2) is 17.5 Å². The van der Waals surface area contributed by atoms with Gasteiger partial charge in [0.25, 0.3) is 5.91 Å². The highest BCUT2D eigenvalue weighted by atomic mass is 19.1. The van der Waals surface area contributed by atoms with Crippen molar-refractivity contribution < 1.29 is 18.3 Å². The highest BCUT2D eigenvalue weighted by Crippen LogP contribution is 2.26. The molecule has 0 aliphatic rings. The monoisotopic (exact) mass is 362 g/mol. The van der Waals surface area contributed by atoms with Crippen LogP contribution in [0.5, 0.6) is 5.75 Å². The topological polar surface area (TPSA) is 64.4 Å². The summed E-state index contributed by atoms with van der Waals surface area (Å²) in [5, 5.41) is 2.77. The molecule has 4 rings (SSSR count). The number of rotatable bonds is 5. The summed E-state index contributed by atoms with van der Waals surface area (Å²) in [6, 6.07) is 20.2. The molecule has 134 valence electrons. The molecule has 1 aromatic heterocycles. The zero-order chi connectivity index (χ0) is 18.6. The van der Waals surface area contributed by atoms with Crippen LogP contribution in [0.4, 0.5) is 10.1 Å². The van der Waals surface area contributed by atoms with Crippen LogP contribution >= 0.6 is 0 Å². The highest BCUT2D eigenvalue weighted by Gasteiger charge is 2.10. The van der Waals surface area contributed by atoms with E-state index in [1.165, 1.54) is 12.1 Å². The summed E-state index contributed by atoms with van der Waals surface area (Å²) in [4.78, 5) is 16.5. The lowest BCUT2D eigenvalue weighted by molar-refractivity contribution is -0.118. The Kier molecular flexibility index (Phi) is 4.53. The van der Waals surface area contributed by atoms with E-state index in [4.69, 9.17) is 9.15 Å². The molecule has 0 fully saturated rings. The van der Waals surface area contributed by atoms with Crippen molar-refractivity contribution in [2.45, 2.75) is 0 Å². The molecule has 27 heavy (non-hydrogen) atoms. The van der Waals surface area contributed by atoms with Crippen LogP contribution < -0.4 is 10.1 Å². The molecular weight excluding hydrogens is 347 g/mol. The van der Waals surface area contributed by atoms with Crippen LogP contribution in [0.15, 0.2) is 77.2 Å².